The Labute approximate surface area is 114 Å². The monoisotopic (exact) mass is 302 g/mol. The van der Waals surface area contributed by atoms with Gasteiger partial charge in [0.15, 0.2) is 0 Å². The molecule has 1 fully saturated rings. The van der Waals surface area contributed by atoms with Gasteiger partial charge in [0.2, 0.25) is 5.91 Å². The first kappa shape index (κ1) is 14.4. The highest BCUT2D eigenvalue weighted by molar-refractivity contribution is 7.87. The SMILES string of the molecule is COC(=O)c1ccncc1N1CC(S(=O)(=O)F)CC1=O. The number of carbonyl (C=O) groups excluding carboxylic acids is 2. The Morgan fingerprint density at radius 1 is 1.55 bits per heavy atom. The second-order valence-corrected chi connectivity index (χ2v) is 5.81. The Morgan fingerprint density at radius 2 is 2.25 bits per heavy atom. The van der Waals surface area contributed by atoms with Gasteiger partial charge in [-0.3, -0.25) is 9.78 Å². The van der Waals surface area contributed by atoms with Crippen LogP contribution in [0.1, 0.15) is 16.8 Å². The van der Waals surface area contributed by atoms with Crippen LogP contribution in [0.5, 0.6) is 0 Å². The highest BCUT2D eigenvalue weighted by atomic mass is 32.3. The van der Waals surface area contributed by atoms with Crippen LogP contribution < -0.4 is 4.90 Å². The van der Waals surface area contributed by atoms with Crippen LogP contribution in [0.4, 0.5) is 9.57 Å². The summed E-state index contributed by atoms with van der Waals surface area (Å²) in [7, 11) is -3.64. The van der Waals surface area contributed by atoms with Crippen molar-refractivity contribution in [2.24, 2.45) is 0 Å². The van der Waals surface area contributed by atoms with Gasteiger partial charge in [-0.15, -0.1) is 3.89 Å². The van der Waals surface area contributed by atoms with Gasteiger partial charge in [0.1, 0.15) is 5.25 Å². The first-order valence-electron chi connectivity index (χ1n) is 5.60. The number of pyridine rings is 1. The van der Waals surface area contributed by atoms with Crippen molar-refractivity contribution < 1.29 is 26.6 Å². The maximum atomic E-state index is 13.0. The molecule has 1 aromatic heterocycles. The van der Waals surface area contributed by atoms with Crippen molar-refractivity contribution in [3.8, 4) is 0 Å². The molecule has 1 saturated heterocycles. The number of hydrogen-bond donors (Lipinski definition) is 0. The summed E-state index contributed by atoms with van der Waals surface area (Å²) in [6.07, 6.45) is 2.10. The Hall–Kier alpha value is -2.03. The highest BCUT2D eigenvalue weighted by Gasteiger charge is 2.40. The third-order valence-electron chi connectivity index (χ3n) is 2.98. The van der Waals surface area contributed by atoms with Gasteiger partial charge in [-0.25, -0.2) is 4.79 Å². The molecule has 0 aliphatic carbocycles. The van der Waals surface area contributed by atoms with Crippen molar-refractivity contribution in [2.45, 2.75) is 11.7 Å². The zero-order chi connectivity index (χ0) is 14.9. The average molecular weight is 302 g/mol. The second-order valence-electron chi connectivity index (χ2n) is 4.19. The van der Waals surface area contributed by atoms with Crippen LogP contribution in [0, 0.1) is 0 Å². The van der Waals surface area contributed by atoms with Crippen molar-refractivity contribution >= 4 is 27.8 Å². The molecule has 1 aromatic rings. The number of methoxy groups -OCH3 is 1. The van der Waals surface area contributed by atoms with E-state index < -0.39 is 33.8 Å². The molecule has 0 radical (unpaired) electrons. The summed E-state index contributed by atoms with van der Waals surface area (Å²) in [4.78, 5) is 28.2. The molecule has 1 aliphatic heterocycles. The van der Waals surface area contributed by atoms with E-state index in [1.807, 2.05) is 0 Å². The van der Waals surface area contributed by atoms with Gasteiger partial charge in [-0.1, -0.05) is 0 Å². The first-order chi connectivity index (χ1) is 9.34. The molecular formula is C11H11FN2O5S. The molecule has 9 heteroatoms. The van der Waals surface area contributed by atoms with E-state index in [1.54, 1.807) is 0 Å². The number of ether oxygens (including phenoxy) is 1. The molecule has 2 heterocycles. The van der Waals surface area contributed by atoms with Gasteiger partial charge in [0.05, 0.1) is 24.6 Å². The Bertz CT molecular complexity index is 661. The largest absolute Gasteiger partial charge is 0.465 e. The molecule has 7 nitrogen and oxygen atoms in total. The van der Waals surface area contributed by atoms with Crippen molar-refractivity contribution in [1.82, 2.24) is 4.98 Å². The standard InChI is InChI=1S/C11H11FN2O5S/c1-19-11(16)8-2-3-13-5-9(8)14-6-7(4-10(14)15)20(12,17)18/h2-3,5,7H,4,6H2,1H3. The van der Waals surface area contributed by atoms with Gasteiger partial charge in [-0.05, 0) is 6.07 Å². The maximum absolute atomic E-state index is 13.0. The predicted octanol–water partition coefficient (Wildman–Crippen LogP) is 0.273. The van der Waals surface area contributed by atoms with E-state index in [0.717, 1.165) is 4.90 Å². The molecular weight excluding hydrogens is 291 g/mol. The lowest BCUT2D eigenvalue weighted by Crippen LogP contribution is -2.28. The molecule has 0 spiro atoms. The normalized spacial score (nSPS) is 19.2. The first-order valence-corrected chi connectivity index (χ1v) is 7.05. The van der Waals surface area contributed by atoms with Crippen molar-refractivity contribution in [1.29, 1.82) is 0 Å². The molecule has 20 heavy (non-hydrogen) atoms. The zero-order valence-electron chi connectivity index (χ0n) is 10.4. The average Bonchev–Trinajstić information content (AvgIpc) is 2.80. The fraction of sp³-hybridized carbons (Fsp3) is 0.364. The third kappa shape index (κ3) is 2.62. The summed E-state index contributed by atoms with van der Waals surface area (Å²) in [6, 6.07) is 1.34. The number of nitrogens with zero attached hydrogens (tertiary/aromatic N) is 2. The van der Waals surface area contributed by atoms with Crippen molar-refractivity contribution in [3.05, 3.63) is 24.0 Å². The van der Waals surface area contributed by atoms with E-state index >= 15 is 0 Å². The topological polar surface area (TPSA) is 93.6 Å². The smallest absolute Gasteiger partial charge is 0.340 e. The lowest BCUT2D eigenvalue weighted by molar-refractivity contribution is -0.117. The minimum atomic E-state index is -4.81. The van der Waals surface area contributed by atoms with Crippen LogP contribution in [0.2, 0.25) is 0 Å². The van der Waals surface area contributed by atoms with E-state index in [4.69, 9.17) is 0 Å². The molecule has 1 aliphatic rings. The maximum Gasteiger partial charge on any atom is 0.340 e. The van der Waals surface area contributed by atoms with Crippen LogP contribution in [0.25, 0.3) is 0 Å². The number of halogens is 1. The van der Waals surface area contributed by atoms with E-state index in [0.29, 0.717) is 0 Å². The summed E-state index contributed by atoms with van der Waals surface area (Å²) in [6.45, 7) is -0.354. The van der Waals surface area contributed by atoms with Gasteiger partial charge in [-0.2, -0.15) is 8.42 Å². The minimum absolute atomic E-state index is 0.0627. The molecule has 1 unspecified atom stereocenters. The highest BCUT2D eigenvalue weighted by Crippen LogP contribution is 2.28. The molecule has 0 aromatic carbocycles. The Kier molecular flexibility index (Phi) is 3.71. The van der Waals surface area contributed by atoms with Crippen LogP contribution in [0.3, 0.4) is 0 Å². The second kappa shape index (κ2) is 5.16. The van der Waals surface area contributed by atoms with E-state index in [1.165, 1.54) is 25.6 Å². The van der Waals surface area contributed by atoms with Gasteiger partial charge >= 0.3 is 16.2 Å². The molecule has 1 amide bonds. The lowest BCUT2D eigenvalue weighted by atomic mass is 10.2. The molecule has 0 bridgehead atoms. The number of carbonyl (C=O) groups is 2. The van der Waals surface area contributed by atoms with Gasteiger partial charge in [0, 0.05) is 19.2 Å². The van der Waals surface area contributed by atoms with Crippen LogP contribution in [0.15, 0.2) is 18.5 Å². The number of amides is 1. The number of aromatic nitrogens is 1. The summed E-state index contributed by atoms with van der Waals surface area (Å²) in [5.41, 5.74) is 0.170. The molecule has 0 saturated carbocycles. The van der Waals surface area contributed by atoms with E-state index in [2.05, 4.69) is 9.72 Å². The third-order valence-corrected chi connectivity index (χ3v) is 4.10. The fourth-order valence-corrected chi connectivity index (χ4v) is 2.65. The molecule has 108 valence electrons. The molecule has 0 N–H and O–H groups in total. The molecule has 2 rings (SSSR count). The van der Waals surface area contributed by atoms with E-state index in [-0.39, 0.29) is 17.8 Å². The van der Waals surface area contributed by atoms with Crippen molar-refractivity contribution in [2.75, 3.05) is 18.6 Å². The van der Waals surface area contributed by atoms with Crippen LogP contribution >= 0.6 is 0 Å². The minimum Gasteiger partial charge on any atom is -0.465 e. The predicted molar refractivity (Wildman–Crippen MR) is 66.4 cm³/mol. The summed E-state index contributed by atoms with van der Waals surface area (Å²) in [5.74, 6) is -1.28. The Balaban J connectivity index is 2.38. The van der Waals surface area contributed by atoms with Gasteiger partial charge in [0.25, 0.3) is 0 Å². The zero-order valence-corrected chi connectivity index (χ0v) is 11.3. The fourth-order valence-electron chi connectivity index (χ4n) is 1.98. The van der Waals surface area contributed by atoms with Crippen LogP contribution in [-0.4, -0.2) is 44.2 Å². The van der Waals surface area contributed by atoms with Gasteiger partial charge < -0.3 is 9.64 Å². The quantitative estimate of drug-likeness (QED) is 0.588. The van der Waals surface area contributed by atoms with E-state index in [9.17, 15) is 21.9 Å². The van der Waals surface area contributed by atoms with Crippen molar-refractivity contribution in [3.63, 3.8) is 0 Å². The number of hydrogen-bond acceptors (Lipinski definition) is 6. The number of rotatable bonds is 3. The summed E-state index contributed by atoms with van der Waals surface area (Å²) >= 11 is 0. The van der Waals surface area contributed by atoms with Crippen LogP contribution in [-0.2, 0) is 19.8 Å². The lowest BCUT2D eigenvalue weighted by Gasteiger charge is -2.18. The Morgan fingerprint density at radius 3 is 2.80 bits per heavy atom. The number of esters is 1. The summed E-state index contributed by atoms with van der Waals surface area (Å²) < 4.78 is 39.3. The number of anilines is 1. The summed E-state index contributed by atoms with van der Waals surface area (Å²) in [5, 5.41) is -1.43. The molecule has 1 atom stereocenters.